The van der Waals surface area contributed by atoms with Crippen LogP contribution in [-0.2, 0) is 0 Å². The lowest BCUT2D eigenvalue weighted by Crippen LogP contribution is -2.59. The fourth-order valence-corrected chi connectivity index (χ4v) is 4.22. The van der Waals surface area contributed by atoms with E-state index in [4.69, 9.17) is 0 Å². The first-order valence-corrected chi connectivity index (χ1v) is 13.6. The van der Waals surface area contributed by atoms with Crippen LogP contribution in [0.3, 0.4) is 0 Å². The molecule has 0 fully saturated rings. The van der Waals surface area contributed by atoms with Gasteiger partial charge in [0.05, 0.1) is 0 Å². The summed E-state index contributed by atoms with van der Waals surface area (Å²) < 4.78 is 3.98. The van der Waals surface area contributed by atoms with Crippen LogP contribution in [0.1, 0.15) is 0 Å². The molecule has 0 saturated heterocycles. The third-order valence-electron chi connectivity index (χ3n) is 3.17. The van der Waals surface area contributed by atoms with Gasteiger partial charge < -0.3 is 9.13 Å². The van der Waals surface area contributed by atoms with Crippen molar-refractivity contribution in [2.24, 2.45) is 0 Å². The van der Waals surface area contributed by atoms with Crippen LogP contribution in [0.4, 0.5) is 10.5 Å². The minimum absolute atomic E-state index is 0.143. The monoisotopic (exact) mass is 294 g/mol. The number of amides is 2. The van der Waals surface area contributed by atoms with Gasteiger partial charge in [-0.15, -0.1) is 0 Å². The number of carbonyl (C=O) groups excluding carboxylic acids is 1. The first-order chi connectivity index (χ1) is 8.55. The van der Waals surface area contributed by atoms with Crippen molar-refractivity contribution in [2.75, 3.05) is 11.6 Å². The molecule has 0 aliphatic heterocycles. The Kier molecular flexibility index (Phi) is 4.63. The van der Waals surface area contributed by atoms with Gasteiger partial charge in [0.25, 0.3) is 0 Å². The van der Waals surface area contributed by atoms with Crippen molar-refractivity contribution < 1.29 is 4.79 Å². The zero-order valence-electron chi connectivity index (χ0n) is 13.2. The SMILES string of the molecule is CN(C(=O)N(c1ccccc1)[Si](C)(C)C)[Si](C)(C)C. The Bertz CT molecular complexity index is 435. The summed E-state index contributed by atoms with van der Waals surface area (Å²) >= 11 is 0. The molecule has 0 aliphatic rings. The largest absolute Gasteiger partial charge is 0.355 e. The summed E-state index contributed by atoms with van der Waals surface area (Å²) in [5.41, 5.74) is 1.01. The lowest BCUT2D eigenvalue weighted by atomic mass is 10.3. The van der Waals surface area contributed by atoms with E-state index in [-0.39, 0.29) is 6.03 Å². The Morgan fingerprint density at radius 3 is 1.74 bits per heavy atom. The standard InChI is InChI=1S/C14H26N2OSi2/c1-15(18(2,3)4)14(17)16(19(5,6)7)13-11-9-8-10-12-13/h8-12H,1-7H3. The third-order valence-corrected chi connectivity index (χ3v) is 7.16. The second-order valence-corrected chi connectivity index (χ2v) is 16.7. The van der Waals surface area contributed by atoms with Crippen LogP contribution in [0, 0.1) is 0 Å². The van der Waals surface area contributed by atoms with Gasteiger partial charge >= 0.3 is 6.03 Å². The maximum absolute atomic E-state index is 12.9. The summed E-state index contributed by atoms with van der Waals surface area (Å²) in [4.78, 5) is 12.9. The molecule has 0 heterocycles. The van der Waals surface area contributed by atoms with E-state index in [1.165, 1.54) is 0 Å². The quantitative estimate of drug-likeness (QED) is 0.766. The summed E-state index contributed by atoms with van der Waals surface area (Å²) in [6, 6.07) is 10.2. The number of hydrogen-bond donors (Lipinski definition) is 0. The van der Waals surface area contributed by atoms with Crippen LogP contribution in [0.5, 0.6) is 0 Å². The lowest BCUT2D eigenvalue weighted by molar-refractivity contribution is 0.236. The third kappa shape index (κ3) is 3.94. The highest BCUT2D eigenvalue weighted by molar-refractivity contribution is 6.84. The highest BCUT2D eigenvalue weighted by Crippen LogP contribution is 2.24. The van der Waals surface area contributed by atoms with Crippen molar-refractivity contribution in [1.82, 2.24) is 4.57 Å². The predicted octanol–water partition coefficient (Wildman–Crippen LogP) is 4.21. The fourth-order valence-electron chi connectivity index (χ4n) is 1.80. The van der Waals surface area contributed by atoms with Gasteiger partial charge in [-0.1, -0.05) is 57.5 Å². The lowest BCUT2D eigenvalue weighted by Gasteiger charge is -2.41. The number of carbonyl (C=O) groups is 1. The molecular weight excluding hydrogens is 268 g/mol. The van der Waals surface area contributed by atoms with Crippen molar-refractivity contribution in [1.29, 1.82) is 0 Å². The highest BCUT2D eigenvalue weighted by Gasteiger charge is 2.35. The van der Waals surface area contributed by atoms with Crippen LogP contribution in [0.2, 0.25) is 39.3 Å². The van der Waals surface area contributed by atoms with Crippen LogP contribution < -0.4 is 4.57 Å². The highest BCUT2D eigenvalue weighted by atomic mass is 28.3. The molecule has 3 nitrogen and oxygen atoms in total. The van der Waals surface area contributed by atoms with E-state index in [1.54, 1.807) is 0 Å². The molecule has 2 amide bonds. The number of anilines is 1. The van der Waals surface area contributed by atoms with Gasteiger partial charge in [0, 0.05) is 12.7 Å². The van der Waals surface area contributed by atoms with Gasteiger partial charge in [0.15, 0.2) is 16.5 Å². The maximum atomic E-state index is 12.9. The molecule has 0 saturated carbocycles. The van der Waals surface area contributed by atoms with E-state index in [2.05, 4.69) is 39.3 Å². The van der Waals surface area contributed by atoms with Crippen LogP contribution >= 0.6 is 0 Å². The van der Waals surface area contributed by atoms with Crippen LogP contribution in [0.15, 0.2) is 30.3 Å². The Balaban J connectivity index is 3.18. The Morgan fingerprint density at radius 2 is 1.37 bits per heavy atom. The molecule has 1 rings (SSSR count). The van der Waals surface area contributed by atoms with E-state index in [1.807, 2.05) is 46.5 Å². The Morgan fingerprint density at radius 1 is 0.895 bits per heavy atom. The summed E-state index contributed by atoms with van der Waals surface area (Å²) in [7, 11) is -1.47. The Hall–Kier alpha value is -1.08. The molecule has 5 heteroatoms. The van der Waals surface area contributed by atoms with Gasteiger partial charge in [0.2, 0.25) is 0 Å². The van der Waals surface area contributed by atoms with E-state index < -0.39 is 16.5 Å². The van der Waals surface area contributed by atoms with E-state index in [0.717, 1.165) is 5.69 Å². The average molecular weight is 295 g/mol. The van der Waals surface area contributed by atoms with Crippen LogP contribution in [0.25, 0.3) is 0 Å². The molecule has 0 N–H and O–H groups in total. The summed E-state index contributed by atoms with van der Waals surface area (Å²) in [6.45, 7) is 13.2. The van der Waals surface area contributed by atoms with Crippen LogP contribution in [-0.4, -0.2) is 34.1 Å². The summed E-state index contributed by atoms with van der Waals surface area (Å²) in [6.07, 6.45) is 0. The molecule has 1 aromatic carbocycles. The van der Waals surface area contributed by atoms with Gasteiger partial charge in [-0.3, -0.25) is 0 Å². The number of hydrogen-bond acceptors (Lipinski definition) is 1. The fraction of sp³-hybridized carbons (Fsp3) is 0.500. The average Bonchev–Trinajstić information content (AvgIpc) is 2.26. The van der Waals surface area contributed by atoms with Gasteiger partial charge in [-0.2, -0.15) is 0 Å². The molecule has 106 valence electrons. The normalized spacial score (nSPS) is 12.2. The molecule has 0 aliphatic carbocycles. The number of para-hydroxylation sites is 1. The molecular formula is C14H26N2OSi2. The zero-order chi connectivity index (χ0) is 14.8. The minimum Gasteiger partial charge on any atom is -0.355 e. The second kappa shape index (κ2) is 5.50. The van der Waals surface area contributed by atoms with Crippen molar-refractivity contribution >= 4 is 28.2 Å². The first kappa shape index (κ1) is 16.0. The van der Waals surface area contributed by atoms with Gasteiger partial charge in [-0.05, 0) is 12.1 Å². The molecule has 0 radical (unpaired) electrons. The number of benzene rings is 1. The first-order valence-electron chi connectivity index (χ1n) is 6.68. The van der Waals surface area contributed by atoms with Gasteiger partial charge in [-0.25, -0.2) is 4.79 Å². The molecule has 0 aromatic heterocycles. The van der Waals surface area contributed by atoms with E-state index >= 15 is 0 Å². The maximum Gasteiger partial charge on any atom is 0.308 e. The van der Waals surface area contributed by atoms with Gasteiger partial charge in [0.1, 0.15) is 0 Å². The topological polar surface area (TPSA) is 23.6 Å². The number of rotatable bonds is 3. The molecule has 1 aromatic rings. The van der Waals surface area contributed by atoms with Crippen molar-refractivity contribution in [3.63, 3.8) is 0 Å². The second-order valence-electron chi connectivity index (χ2n) is 6.85. The van der Waals surface area contributed by atoms with Crippen molar-refractivity contribution in [3.8, 4) is 0 Å². The molecule has 0 atom stereocenters. The number of nitrogens with zero attached hydrogens (tertiary/aromatic N) is 2. The van der Waals surface area contributed by atoms with E-state index in [0.29, 0.717) is 0 Å². The number of urea groups is 1. The summed E-state index contributed by atoms with van der Waals surface area (Å²) in [5.74, 6) is 0. The summed E-state index contributed by atoms with van der Waals surface area (Å²) in [5, 5.41) is 0. The molecule has 19 heavy (non-hydrogen) atoms. The van der Waals surface area contributed by atoms with Crippen molar-refractivity contribution in [3.05, 3.63) is 30.3 Å². The molecule has 0 bridgehead atoms. The Labute approximate surface area is 119 Å². The smallest absolute Gasteiger partial charge is 0.308 e. The van der Waals surface area contributed by atoms with E-state index in [9.17, 15) is 4.79 Å². The molecule has 0 unspecified atom stereocenters. The predicted molar refractivity (Wildman–Crippen MR) is 88.8 cm³/mol. The molecule has 0 spiro atoms. The minimum atomic E-state index is -1.77. The van der Waals surface area contributed by atoms with Crippen molar-refractivity contribution in [2.45, 2.75) is 39.3 Å². The zero-order valence-corrected chi connectivity index (χ0v) is 15.2.